The van der Waals surface area contributed by atoms with Gasteiger partial charge < -0.3 is 0 Å². The largest absolute Gasteiger partial charge is 0.283 e. The standard InChI is InChI=1S/C15H24N2O/c1-10-7-8-12(15(3,4)5)9-13(10)11(2)14(18)17(6)16/h7-9,11H,16H2,1-6H3. The normalized spacial score (nSPS) is 13.3. The van der Waals surface area contributed by atoms with Gasteiger partial charge in [-0.05, 0) is 36.0 Å². The van der Waals surface area contributed by atoms with Gasteiger partial charge in [0.2, 0.25) is 5.91 Å². The van der Waals surface area contributed by atoms with Gasteiger partial charge in [0.05, 0.1) is 5.92 Å². The summed E-state index contributed by atoms with van der Waals surface area (Å²) in [5.74, 6) is 5.26. The lowest BCUT2D eigenvalue weighted by Gasteiger charge is -2.23. The predicted molar refractivity (Wildman–Crippen MR) is 75.3 cm³/mol. The number of likely N-dealkylation sites (N-methyl/N-ethyl adjacent to an activating group) is 1. The molecule has 0 aliphatic heterocycles. The highest BCUT2D eigenvalue weighted by molar-refractivity contribution is 5.83. The Morgan fingerprint density at radius 3 is 2.33 bits per heavy atom. The summed E-state index contributed by atoms with van der Waals surface area (Å²) in [4.78, 5) is 12.0. The van der Waals surface area contributed by atoms with E-state index in [1.165, 1.54) is 5.56 Å². The van der Waals surface area contributed by atoms with Gasteiger partial charge in [0.15, 0.2) is 0 Å². The quantitative estimate of drug-likeness (QED) is 0.497. The average molecular weight is 248 g/mol. The zero-order chi connectivity index (χ0) is 14.1. The number of hydrogen-bond acceptors (Lipinski definition) is 2. The van der Waals surface area contributed by atoms with Crippen LogP contribution in [0.4, 0.5) is 0 Å². The van der Waals surface area contributed by atoms with E-state index in [0.29, 0.717) is 0 Å². The number of hydrogen-bond donors (Lipinski definition) is 1. The van der Waals surface area contributed by atoms with E-state index >= 15 is 0 Å². The molecule has 2 N–H and O–H groups in total. The fourth-order valence-corrected chi connectivity index (χ4v) is 2.01. The van der Waals surface area contributed by atoms with E-state index in [9.17, 15) is 4.79 Å². The summed E-state index contributed by atoms with van der Waals surface area (Å²) in [5, 5.41) is 1.16. The first-order chi connectivity index (χ1) is 8.14. The molecular weight excluding hydrogens is 224 g/mol. The number of rotatable bonds is 2. The van der Waals surface area contributed by atoms with Crippen molar-refractivity contribution in [1.29, 1.82) is 0 Å². The van der Waals surface area contributed by atoms with E-state index in [4.69, 9.17) is 5.84 Å². The van der Waals surface area contributed by atoms with Crippen molar-refractivity contribution in [3.05, 3.63) is 34.9 Å². The van der Waals surface area contributed by atoms with Crippen LogP contribution >= 0.6 is 0 Å². The molecule has 0 spiro atoms. The molecule has 0 aliphatic rings. The fraction of sp³-hybridized carbons (Fsp3) is 0.533. The molecule has 100 valence electrons. The van der Waals surface area contributed by atoms with Crippen LogP contribution < -0.4 is 5.84 Å². The molecule has 0 radical (unpaired) electrons. The summed E-state index contributed by atoms with van der Waals surface area (Å²) >= 11 is 0. The van der Waals surface area contributed by atoms with Crippen LogP contribution in [0.5, 0.6) is 0 Å². The van der Waals surface area contributed by atoms with Gasteiger partial charge in [-0.25, -0.2) is 5.84 Å². The van der Waals surface area contributed by atoms with Gasteiger partial charge in [0, 0.05) is 7.05 Å². The van der Waals surface area contributed by atoms with E-state index in [-0.39, 0.29) is 17.2 Å². The molecule has 0 saturated carbocycles. The molecule has 1 amide bonds. The van der Waals surface area contributed by atoms with Gasteiger partial charge in [-0.3, -0.25) is 9.80 Å². The van der Waals surface area contributed by atoms with Crippen LogP contribution in [0.1, 0.15) is 50.3 Å². The van der Waals surface area contributed by atoms with Crippen molar-refractivity contribution in [3.8, 4) is 0 Å². The molecule has 0 fully saturated rings. The molecule has 1 rings (SSSR count). The second-order valence-electron chi connectivity index (χ2n) is 5.99. The fourth-order valence-electron chi connectivity index (χ4n) is 2.01. The summed E-state index contributed by atoms with van der Waals surface area (Å²) in [6.07, 6.45) is 0. The molecular formula is C15H24N2O. The highest BCUT2D eigenvalue weighted by Gasteiger charge is 2.22. The highest BCUT2D eigenvalue weighted by atomic mass is 16.2. The number of nitrogens with two attached hydrogens (primary N) is 1. The highest BCUT2D eigenvalue weighted by Crippen LogP contribution is 2.28. The Morgan fingerprint density at radius 2 is 1.89 bits per heavy atom. The summed E-state index contributed by atoms with van der Waals surface area (Å²) in [5.41, 5.74) is 3.51. The Morgan fingerprint density at radius 1 is 1.33 bits per heavy atom. The second kappa shape index (κ2) is 5.11. The number of nitrogens with zero attached hydrogens (tertiary/aromatic N) is 1. The Bertz CT molecular complexity index is 444. The molecule has 1 unspecified atom stereocenters. The number of amides is 1. The van der Waals surface area contributed by atoms with Crippen LogP contribution in [0.25, 0.3) is 0 Å². The first kappa shape index (κ1) is 14.7. The molecule has 1 aromatic rings. The number of carbonyl (C=O) groups is 1. The van der Waals surface area contributed by atoms with Crippen molar-refractivity contribution in [2.45, 2.75) is 46.0 Å². The molecule has 0 aliphatic carbocycles. The lowest BCUT2D eigenvalue weighted by Crippen LogP contribution is -2.36. The molecule has 0 heterocycles. The van der Waals surface area contributed by atoms with Gasteiger partial charge in [0.25, 0.3) is 0 Å². The van der Waals surface area contributed by atoms with Crippen LogP contribution in [0.3, 0.4) is 0 Å². The summed E-state index contributed by atoms with van der Waals surface area (Å²) in [7, 11) is 1.59. The topological polar surface area (TPSA) is 46.3 Å². The SMILES string of the molecule is Cc1ccc(C(C)(C)C)cc1C(C)C(=O)N(C)N. The third-order valence-electron chi connectivity index (χ3n) is 3.33. The van der Waals surface area contributed by atoms with E-state index in [2.05, 4.69) is 39.0 Å². The van der Waals surface area contributed by atoms with Crippen molar-refractivity contribution in [2.24, 2.45) is 5.84 Å². The zero-order valence-corrected chi connectivity index (χ0v) is 12.2. The average Bonchev–Trinajstić information content (AvgIpc) is 2.26. The molecule has 0 bridgehead atoms. The molecule has 18 heavy (non-hydrogen) atoms. The Labute approximate surface area is 110 Å². The van der Waals surface area contributed by atoms with Crippen LogP contribution in [0.2, 0.25) is 0 Å². The molecule has 3 nitrogen and oxygen atoms in total. The minimum atomic E-state index is -0.206. The van der Waals surface area contributed by atoms with Crippen LogP contribution in [0.15, 0.2) is 18.2 Å². The molecule has 0 saturated heterocycles. The third kappa shape index (κ3) is 3.10. The monoisotopic (exact) mass is 248 g/mol. The van der Waals surface area contributed by atoms with E-state index in [1.54, 1.807) is 7.05 Å². The van der Waals surface area contributed by atoms with Crippen molar-refractivity contribution < 1.29 is 4.79 Å². The van der Waals surface area contributed by atoms with Gasteiger partial charge >= 0.3 is 0 Å². The van der Waals surface area contributed by atoms with Crippen molar-refractivity contribution in [3.63, 3.8) is 0 Å². The zero-order valence-electron chi connectivity index (χ0n) is 12.2. The van der Waals surface area contributed by atoms with E-state index in [1.807, 2.05) is 13.8 Å². The van der Waals surface area contributed by atoms with Crippen molar-refractivity contribution in [2.75, 3.05) is 7.05 Å². The predicted octanol–water partition coefficient (Wildman–Crippen LogP) is 2.73. The third-order valence-corrected chi connectivity index (χ3v) is 3.33. The van der Waals surface area contributed by atoms with E-state index < -0.39 is 0 Å². The Balaban J connectivity index is 3.20. The number of hydrazine groups is 1. The van der Waals surface area contributed by atoms with Crippen molar-refractivity contribution >= 4 is 5.91 Å². The molecule has 1 atom stereocenters. The maximum atomic E-state index is 12.0. The maximum absolute atomic E-state index is 12.0. The minimum absolute atomic E-state index is 0.0656. The van der Waals surface area contributed by atoms with Crippen LogP contribution in [-0.4, -0.2) is 18.0 Å². The van der Waals surface area contributed by atoms with Gasteiger partial charge in [0.1, 0.15) is 0 Å². The van der Waals surface area contributed by atoms with Gasteiger partial charge in [-0.2, -0.15) is 0 Å². The Kier molecular flexibility index (Phi) is 4.17. The van der Waals surface area contributed by atoms with E-state index in [0.717, 1.165) is 16.1 Å². The number of carbonyl (C=O) groups excluding carboxylic acids is 1. The Hall–Kier alpha value is -1.35. The summed E-state index contributed by atoms with van der Waals surface area (Å²) in [6, 6.07) is 6.33. The first-order valence-corrected chi connectivity index (χ1v) is 6.28. The van der Waals surface area contributed by atoms with Gasteiger partial charge in [-0.1, -0.05) is 39.0 Å². The number of benzene rings is 1. The van der Waals surface area contributed by atoms with Gasteiger partial charge in [-0.15, -0.1) is 0 Å². The lowest BCUT2D eigenvalue weighted by molar-refractivity contribution is -0.131. The van der Waals surface area contributed by atoms with Crippen LogP contribution in [0, 0.1) is 6.92 Å². The molecule has 1 aromatic carbocycles. The molecule has 3 heteroatoms. The summed E-state index contributed by atoms with van der Waals surface area (Å²) in [6.45, 7) is 10.4. The second-order valence-corrected chi connectivity index (χ2v) is 5.99. The van der Waals surface area contributed by atoms with Crippen molar-refractivity contribution in [1.82, 2.24) is 5.01 Å². The lowest BCUT2D eigenvalue weighted by atomic mass is 9.83. The maximum Gasteiger partial charge on any atom is 0.243 e. The summed E-state index contributed by atoms with van der Waals surface area (Å²) < 4.78 is 0. The minimum Gasteiger partial charge on any atom is -0.283 e. The smallest absolute Gasteiger partial charge is 0.243 e. The molecule has 0 aromatic heterocycles. The first-order valence-electron chi connectivity index (χ1n) is 6.28. The van der Waals surface area contributed by atoms with Crippen LogP contribution in [-0.2, 0) is 10.2 Å². The number of aryl methyl sites for hydroxylation is 1.